The Balaban J connectivity index is 0.000000308. The standard InChI is InChI=1S/C25H24O2.C11H16OSi.C9H10O.CH2Cl2/c1-18-10-9-15-23(19(18)2)22(16-24(26)20-11-5-3-6-12-20)17-25(27)21-13-7-4-8-14-21;1-10(12-13(2,3)4)11-8-6-5-7-9-11;1-7-4-3-5-9(6-10)8(7)2;2-1-3/h3-15,22H,16-17H2,1-2H3;5-9H,1H2,2-4H3;3-6H,1-2H3;1H2. The molecule has 278 valence electrons. The van der Waals surface area contributed by atoms with Gasteiger partial charge in [-0.15, -0.1) is 23.2 Å². The number of hydrogen-bond acceptors (Lipinski definition) is 4. The third kappa shape index (κ3) is 15.9. The molecule has 4 nitrogen and oxygen atoms in total. The van der Waals surface area contributed by atoms with Gasteiger partial charge in [0.2, 0.25) is 8.32 Å². The summed E-state index contributed by atoms with van der Waals surface area (Å²) in [6.07, 6.45) is 1.54. The number of ketones is 2. The first-order chi connectivity index (χ1) is 25.2. The van der Waals surface area contributed by atoms with Gasteiger partial charge in [-0.25, -0.2) is 0 Å². The van der Waals surface area contributed by atoms with E-state index in [9.17, 15) is 14.4 Å². The molecule has 0 unspecified atom stereocenters. The number of rotatable bonds is 11. The Morgan fingerprint density at radius 2 is 1.02 bits per heavy atom. The minimum Gasteiger partial charge on any atom is -0.544 e. The van der Waals surface area contributed by atoms with E-state index < -0.39 is 8.32 Å². The Labute approximate surface area is 328 Å². The van der Waals surface area contributed by atoms with Crippen LogP contribution in [0.3, 0.4) is 0 Å². The highest BCUT2D eigenvalue weighted by atomic mass is 35.5. The molecule has 0 heterocycles. The zero-order valence-corrected chi connectivity index (χ0v) is 34.5. The van der Waals surface area contributed by atoms with Crippen molar-refractivity contribution in [1.29, 1.82) is 0 Å². The van der Waals surface area contributed by atoms with Crippen LogP contribution in [-0.2, 0) is 4.43 Å². The molecule has 0 atom stereocenters. The molecule has 0 aliphatic carbocycles. The molecule has 0 bridgehead atoms. The van der Waals surface area contributed by atoms with Crippen LogP contribution >= 0.6 is 23.2 Å². The number of Topliss-reactive ketones (excluding diaryl/α,β-unsaturated/α-hetero) is 2. The van der Waals surface area contributed by atoms with Crippen molar-refractivity contribution in [2.75, 3.05) is 5.34 Å². The molecule has 0 fully saturated rings. The molecule has 7 heteroatoms. The fraction of sp³-hybridized carbons (Fsp3) is 0.239. The maximum Gasteiger partial charge on any atom is 0.242 e. The van der Waals surface area contributed by atoms with Gasteiger partial charge in [0.25, 0.3) is 0 Å². The lowest BCUT2D eigenvalue weighted by Crippen LogP contribution is -2.24. The van der Waals surface area contributed by atoms with Gasteiger partial charge in [-0.05, 0) is 81.1 Å². The van der Waals surface area contributed by atoms with E-state index in [-0.39, 0.29) is 22.8 Å². The molecule has 0 saturated heterocycles. The first kappa shape index (κ1) is 44.6. The van der Waals surface area contributed by atoms with Crippen LogP contribution in [0.1, 0.15) is 83.2 Å². The molecule has 0 saturated carbocycles. The van der Waals surface area contributed by atoms with Gasteiger partial charge in [0, 0.05) is 35.1 Å². The summed E-state index contributed by atoms with van der Waals surface area (Å²) in [4.78, 5) is 36.0. The van der Waals surface area contributed by atoms with E-state index in [1.807, 2.05) is 135 Å². The first-order valence-corrected chi connectivity index (χ1v) is 22.0. The Morgan fingerprint density at radius 1 is 0.623 bits per heavy atom. The predicted molar refractivity (Wildman–Crippen MR) is 227 cm³/mol. The van der Waals surface area contributed by atoms with Gasteiger partial charge in [-0.2, -0.15) is 0 Å². The maximum absolute atomic E-state index is 12.8. The Bertz CT molecular complexity index is 1830. The summed E-state index contributed by atoms with van der Waals surface area (Å²) >= 11 is 9.53. The highest BCUT2D eigenvalue weighted by Gasteiger charge is 2.23. The fourth-order valence-corrected chi connectivity index (χ4v) is 6.25. The number of carbonyl (C=O) groups is 3. The van der Waals surface area contributed by atoms with Crippen molar-refractivity contribution >= 4 is 55.1 Å². The van der Waals surface area contributed by atoms with Gasteiger partial charge < -0.3 is 4.43 Å². The third-order valence-electron chi connectivity index (χ3n) is 8.44. The Hall–Kier alpha value is -4.55. The molecule has 0 aliphatic heterocycles. The molecule has 0 radical (unpaired) electrons. The van der Waals surface area contributed by atoms with Crippen molar-refractivity contribution in [1.82, 2.24) is 0 Å². The molecule has 5 aromatic carbocycles. The average Bonchev–Trinajstić information content (AvgIpc) is 3.15. The molecule has 0 amide bonds. The molecule has 0 N–H and O–H groups in total. The van der Waals surface area contributed by atoms with Crippen molar-refractivity contribution in [3.8, 4) is 0 Å². The number of halogens is 2. The van der Waals surface area contributed by atoms with Crippen LogP contribution in [0.5, 0.6) is 0 Å². The second-order valence-corrected chi connectivity index (χ2v) is 18.7. The highest BCUT2D eigenvalue weighted by molar-refractivity contribution is 6.70. The highest BCUT2D eigenvalue weighted by Crippen LogP contribution is 2.31. The lowest BCUT2D eigenvalue weighted by molar-refractivity contribution is 0.0943. The lowest BCUT2D eigenvalue weighted by Gasteiger charge is -2.20. The summed E-state index contributed by atoms with van der Waals surface area (Å²) in [5.41, 5.74) is 8.93. The quantitative estimate of drug-likeness (QED) is 0.0441. The third-order valence-corrected chi connectivity index (χ3v) is 9.30. The van der Waals surface area contributed by atoms with Gasteiger partial charge in [-0.3, -0.25) is 14.4 Å². The molecule has 53 heavy (non-hydrogen) atoms. The van der Waals surface area contributed by atoms with E-state index >= 15 is 0 Å². The van der Waals surface area contributed by atoms with E-state index in [1.54, 1.807) is 0 Å². The van der Waals surface area contributed by atoms with Crippen LogP contribution in [0.4, 0.5) is 0 Å². The summed E-state index contributed by atoms with van der Waals surface area (Å²) in [6.45, 7) is 18.5. The van der Waals surface area contributed by atoms with Gasteiger partial charge in [-0.1, -0.05) is 134 Å². The Kier molecular flexibility index (Phi) is 19.5. The zero-order chi connectivity index (χ0) is 39.4. The average molecular weight is 768 g/mol. The van der Waals surface area contributed by atoms with Crippen LogP contribution in [-0.4, -0.2) is 31.5 Å². The van der Waals surface area contributed by atoms with Crippen LogP contribution in [0.25, 0.3) is 5.76 Å². The molecule has 0 spiro atoms. The number of hydrogen-bond donors (Lipinski definition) is 0. The molecule has 0 aromatic heterocycles. The summed E-state index contributed by atoms with van der Waals surface area (Å²) in [7, 11) is -1.50. The summed E-state index contributed by atoms with van der Waals surface area (Å²) in [5.74, 6) is 0.801. The second-order valence-electron chi connectivity index (χ2n) is 13.5. The zero-order valence-electron chi connectivity index (χ0n) is 32.0. The van der Waals surface area contributed by atoms with Crippen molar-refractivity contribution in [3.05, 3.63) is 184 Å². The SMILES string of the molecule is C=C(O[Si](C)(C)C)c1ccccc1.Cc1cccc(C(CC(=O)c2ccccc2)CC(=O)c2ccccc2)c1C.Cc1cccc(C=O)c1C.ClCCl. The second kappa shape index (κ2) is 23.2. The van der Waals surface area contributed by atoms with E-state index in [0.29, 0.717) is 24.0 Å². The summed E-state index contributed by atoms with van der Waals surface area (Å²) in [6, 6.07) is 40.5. The number of aryl methyl sites for hydroxylation is 2. The van der Waals surface area contributed by atoms with Crippen molar-refractivity contribution in [2.24, 2.45) is 0 Å². The normalized spacial score (nSPS) is 10.3. The minimum atomic E-state index is -1.50. The molecule has 0 aliphatic rings. The lowest BCUT2D eigenvalue weighted by atomic mass is 9.83. The smallest absolute Gasteiger partial charge is 0.242 e. The maximum atomic E-state index is 12.8. The largest absolute Gasteiger partial charge is 0.544 e. The van der Waals surface area contributed by atoms with E-state index in [0.717, 1.165) is 39.9 Å². The van der Waals surface area contributed by atoms with Crippen molar-refractivity contribution in [2.45, 2.75) is 66.1 Å². The van der Waals surface area contributed by atoms with Crippen molar-refractivity contribution in [3.63, 3.8) is 0 Å². The summed E-state index contributed by atoms with van der Waals surface area (Å²) in [5, 5.41) is 0.194. The van der Waals surface area contributed by atoms with Crippen molar-refractivity contribution < 1.29 is 18.8 Å². The topological polar surface area (TPSA) is 60.4 Å². The monoisotopic (exact) mass is 766 g/mol. The number of benzene rings is 5. The van der Waals surface area contributed by atoms with Gasteiger partial charge >= 0.3 is 0 Å². The number of aldehydes is 1. The van der Waals surface area contributed by atoms with Crippen LogP contribution in [0.2, 0.25) is 19.6 Å². The van der Waals surface area contributed by atoms with E-state index in [4.69, 9.17) is 27.6 Å². The van der Waals surface area contributed by atoms with E-state index in [1.165, 1.54) is 11.1 Å². The number of alkyl halides is 2. The minimum absolute atomic E-state index is 0.0716. The van der Waals surface area contributed by atoms with Gasteiger partial charge in [0.1, 0.15) is 12.0 Å². The predicted octanol–water partition coefficient (Wildman–Crippen LogP) is 13.0. The van der Waals surface area contributed by atoms with Gasteiger partial charge in [0.15, 0.2) is 11.6 Å². The van der Waals surface area contributed by atoms with E-state index in [2.05, 4.69) is 46.1 Å². The Morgan fingerprint density at radius 3 is 1.42 bits per heavy atom. The molecule has 5 rings (SSSR count). The van der Waals surface area contributed by atoms with Crippen LogP contribution < -0.4 is 0 Å². The summed E-state index contributed by atoms with van der Waals surface area (Å²) < 4.78 is 5.77. The molecule has 5 aromatic rings. The molecular formula is C46H52Cl2O4Si. The first-order valence-electron chi connectivity index (χ1n) is 17.5. The van der Waals surface area contributed by atoms with Crippen LogP contribution in [0, 0.1) is 27.7 Å². The fourth-order valence-electron chi connectivity index (χ4n) is 5.39. The molecular weight excluding hydrogens is 715 g/mol. The van der Waals surface area contributed by atoms with Crippen LogP contribution in [0.15, 0.2) is 134 Å². The number of carbonyl (C=O) groups excluding carboxylic acids is 3. The van der Waals surface area contributed by atoms with Gasteiger partial charge in [0.05, 0.1) is 5.34 Å².